The average molecular weight is 633 g/mol. The van der Waals surface area contributed by atoms with Crippen LogP contribution >= 0.6 is 0 Å². The van der Waals surface area contributed by atoms with Gasteiger partial charge in [-0.25, -0.2) is 0 Å². The molecular formula is C48H28N2. The van der Waals surface area contributed by atoms with Gasteiger partial charge in [0.15, 0.2) is 0 Å². The van der Waals surface area contributed by atoms with Gasteiger partial charge in [-0.05, 0) is 137 Å². The van der Waals surface area contributed by atoms with Crippen LogP contribution in [0.15, 0.2) is 133 Å². The zero-order valence-corrected chi connectivity index (χ0v) is 27.6. The second-order valence-electron chi connectivity index (χ2n) is 14.2. The summed E-state index contributed by atoms with van der Waals surface area (Å²) >= 11 is 0. The molecule has 2 nitrogen and oxygen atoms in total. The minimum absolute atomic E-state index is 1.03. The van der Waals surface area contributed by atoms with Crippen molar-refractivity contribution < 1.29 is 0 Å². The van der Waals surface area contributed by atoms with E-state index in [-0.39, 0.29) is 0 Å². The van der Waals surface area contributed by atoms with Crippen LogP contribution in [0.4, 0.5) is 0 Å². The van der Waals surface area contributed by atoms with Crippen LogP contribution in [0.1, 0.15) is 11.4 Å². The first kappa shape index (κ1) is 26.6. The fraction of sp³-hybridized carbons (Fsp3) is 0.0417. The summed E-state index contributed by atoms with van der Waals surface area (Å²) in [7, 11) is 0. The van der Waals surface area contributed by atoms with E-state index in [1.165, 1.54) is 108 Å². The van der Waals surface area contributed by atoms with Crippen LogP contribution in [0.3, 0.4) is 0 Å². The first-order chi connectivity index (χ1) is 24.6. The Morgan fingerprint density at radius 2 is 0.700 bits per heavy atom. The lowest BCUT2D eigenvalue weighted by molar-refractivity contribution is 1.26. The molecule has 50 heavy (non-hydrogen) atoms. The zero-order valence-electron chi connectivity index (χ0n) is 27.6. The van der Waals surface area contributed by atoms with E-state index in [9.17, 15) is 0 Å². The van der Waals surface area contributed by atoms with E-state index in [4.69, 9.17) is 9.97 Å². The maximum absolute atomic E-state index is 5.35. The Hall–Kier alpha value is -6.38. The van der Waals surface area contributed by atoms with Gasteiger partial charge in [0.25, 0.3) is 0 Å². The molecule has 2 heterocycles. The van der Waals surface area contributed by atoms with Gasteiger partial charge in [0.2, 0.25) is 0 Å². The normalized spacial score (nSPS) is 12.6. The van der Waals surface area contributed by atoms with E-state index in [2.05, 4.69) is 147 Å². The Morgan fingerprint density at radius 1 is 0.320 bits per heavy atom. The number of nitrogens with zero attached hydrogens (tertiary/aromatic N) is 2. The Kier molecular flexibility index (Phi) is 4.88. The van der Waals surface area contributed by atoms with Crippen molar-refractivity contribution in [1.29, 1.82) is 0 Å². The molecule has 0 saturated carbocycles. The Balaban J connectivity index is 1.14. The van der Waals surface area contributed by atoms with Crippen molar-refractivity contribution in [3.8, 4) is 22.3 Å². The first-order valence-corrected chi connectivity index (χ1v) is 17.4. The third-order valence-corrected chi connectivity index (χ3v) is 11.5. The van der Waals surface area contributed by atoms with Crippen molar-refractivity contribution in [3.63, 3.8) is 0 Å². The number of hydrogen-bond acceptors (Lipinski definition) is 2. The topological polar surface area (TPSA) is 25.8 Å². The molecule has 0 N–H and O–H groups in total. The molecule has 0 aliphatic heterocycles. The third-order valence-electron chi connectivity index (χ3n) is 11.5. The molecule has 0 saturated heterocycles. The molecule has 0 amide bonds. The predicted octanol–water partition coefficient (Wildman–Crippen LogP) is 13.1. The largest absolute Gasteiger partial charge is 0.252 e. The van der Waals surface area contributed by atoms with Crippen LogP contribution in [0.2, 0.25) is 0 Å². The van der Waals surface area contributed by atoms with Gasteiger partial charge < -0.3 is 0 Å². The van der Waals surface area contributed by atoms with E-state index in [1.807, 2.05) is 0 Å². The molecule has 0 atom stereocenters. The highest BCUT2D eigenvalue weighted by Crippen LogP contribution is 2.46. The average Bonchev–Trinajstić information content (AvgIpc) is 3.15. The van der Waals surface area contributed by atoms with Crippen LogP contribution in [0.25, 0.3) is 119 Å². The molecular weight excluding hydrogens is 605 g/mol. The van der Waals surface area contributed by atoms with Crippen molar-refractivity contribution >= 4 is 97.2 Å². The second-order valence-corrected chi connectivity index (χ2v) is 14.2. The molecule has 0 unspecified atom stereocenters. The maximum atomic E-state index is 5.35. The number of aryl methyl sites for hydroxylation is 2. The van der Waals surface area contributed by atoms with Crippen LogP contribution in [0, 0.1) is 13.8 Å². The van der Waals surface area contributed by atoms with E-state index in [1.54, 1.807) is 0 Å². The molecule has 2 heteroatoms. The van der Waals surface area contributed by atoms with Crippen molar-refractivity contribution in [2.24, 2.45) is 0 Å². The SMILES string of the molecule is Cc1nc2cc(-c3cc4cccc5ccc6cccc3c6c54)cc3c(C)nc4cc(-c5cc6cccc7ccc8cccc5c8c76)cc1c4c23. The fourth-order valence-corrected chi connectivity index (χ4v) is 9.32. The molecule has 0 radical (unpaired) electrons. The van der Waals surface area contributed by atoms with Gasteiger partial charge in [0, 0.05) is 32.9 Å². The molecule has 0 bridgehead atoms. The molecule has 10 aromatic carbocycles. The minimum Gasteiger partial charge on any atom is -0.252 e. The molecule has 12 rings (SSSR count). The molecule has 0 aliphatic carbocycles. The number of benzene rings is 10. The summed E-state index contributed by atoms with van der Waals surface area (Å²) in [4.78, 5) is 10.7. The van der Waals surface area contributed by atoms with Crippen LogP contribution in [-0.2, 0) is 0 Å². The Labute approximate surface area is 287 Å². The lowest BCUT2D eigenvalue weighted by Crippen LogP contribution is -1.98. The number of pyridine rings is 2. The Morgan fingerprint density at radius 3 is 1.14 bits per heavy atom. The number of hydrogen-bond donors (Lipinski definition) is 0. The highest BCUT2D eigenvalue weighted by Gasteiger charge is 2.21. The van der Waals surface area contributed by atoms with Crippen molar-refractivity contribution in [3.05, 3.63) is 145 Å². The highest BCUT2D eigenvalue weighted by atomic mass is 14.7. The first-order valence-electron chi connectivity index (χ1n) is 17.4. The molecule has 0 spiro atoms. The maximum Gasteiger partial charge on any atom is 0.0725 e. The van der Waals surface area contributed by atoms with Gasteiger partial charge in [-0.15, -0.1) is 0 Å². The molecule has 0 fully saturated rings. The molecule has 0 aliphatic rings. The molecule has 2 aromatic heterocycles. The lowest BCUT2D eigenvalue weighted by Gasteiger charge is -2.19. The standard InChI is InChI=1S/C48H28N2/c1-25-37-21-33(39-19-31-11-3-7-27-15-17-29-9-5-13-35(39)45(29)43(27)31)24-42-47(37)48-38(26(2)50-42)22-34(23-41(48)49-25)40-20-32-12-4-8-28-16-18-30-10-6-14-36(40)46(30)44(28)32/h3-24H,1-2H3. The summed E-state index contributed by atoms with van der Waals surface area (Å²) in [6.07, 6.45) is 0. The second kappa shape index (κ2) is 9.19. The molecule has 230 valence electrons. The van der Waals surface area contributed by atoms with Crippen LogP contribution in [-0.4, -0.2) is 9.97 Å². The van der Waals surface area contributed by atoms with Crippen LogP contribution < -0.4 is 0 Å². The lowest BCUT2D eigenvalue weighted by atomic mass is 9.86. The monoisotopic (exact) mass is 632 g/mol. The van der Waals surface area contributed by atoms with Gasteiger partial charge in [0.1, 0.15) is 0 Å². The summed E-state index contributed by atoms with van der Waals surface area (Å²) in [5.74, 6) is 0. The van der Waals surface area contributed by atoms with Gasteiger partial charge in [-0.2, -0.15) is 0 Å². The smallest absolute Gasteiger partial charge is 0.0725 e. The van der Waals surface area contributed by atoms with Gasteiger partial charge >= 0.3 is 0 Å². The summed E-state index contributed by atoms with van der Waals surface area (Å²) in [6, 6.07) is 49.7. The van der Waals surface area contributed by atoms with Gasteiger partial charge in [-0.1, -0.05) is 97.1 Å². The van der Waals surface area contributed by atoms with E-state index in [0.29, 0.717) is 0 Å². The van der Waals surface area contributed by atoms with E-state index in [0.717, 1.165) is 22.4 Å². The summed E-state index contributed by atoms with van der Waals surface area (Å²) in [6.45, 7) is 4.31. The quantitative estimate of drug-likeness (QED) is 0.177. The van der Waals surface area contributed by atoms with Crippen molar-refractivity contribution in [2.45, 2.75) is 13.8 Å². The van der Waals surface area contributed by atoms with Crippen molar-refractivity contribution in [1.82, 2.24) is 9.97 Å². The van der Waals surface area contributed by atoms with Gasteiger partial charge in [-0.3, -0.25) is 9.97 Å². The minimum atomic E-state index is 1.03. The summed E-state index contributed by atoms with van der Waals surface area (Å²) in [5.41, 5.74) is 8.95. The fourth-order valence-electron chi connectivity index (χ4n) is 9.32. The van der Waals surface area contributed by atoms with E-state index < -0.39 is 0 Å². The number of rotatable bonds is 2. The third kappa shape index (κ3) is 3.33. The summed E-state index contributed by atoms with van der Waals surface area (Å²) < 4.78 is 0. The predicted molar refractivity (Wildman–Crippen MR) is 213 cm³/mol. The zero-order chi connectivity index (χ0) is 32.8. The van der Waals surface area contributed by atoms with Gasteiger partial charge in [0.05, 0.1) is 11.0 Å². The number of aromatic nitrogens is 2. The Bertz CT molecular complexity index is 3160. The van der Waals surface area contributed by atoms with E-state index >= 15 is 0 Å². The van der Waals surface area contributed by atoms with Crippen molar-refractivity contribution in [2.75, 3.05) is 0 Å². The highest BCUT2D eigenvalue weighted by molar-refractivity contribution is 6.29. The molecule has 12 aromatic rings. The van der Waals surface area contributed by atoms with Crippen LogP contribution in [0.5, 0.6) is 0 Å². The summed E-state index contributed by atoms with van der Waals surface area (Å²) in [5, 5.41) is 20.3.